The zero-order valence-electron chi connectivity index (χ0n) is 22.8. The van der Waals surface area contributed by atoms with Crippen molar-refractivity contribution in [2.75, 3.05) is 6.61 Å². The molecule has 40 heavy (non-hydrogen) atoms. The Morgan fingerprint density at radius 1 is 0.825 bits per heavy atom. The van der Waals surface area contributed by atoms with E-state index in [4.69, 9.17) is 9.47 Å². The molecule has 2 atom stereocenters. The van der Waals surface area contributed by atoms with Crippen LogP contribution in [0.1, 0.15) is 55.2 Å². The van der Waals surface area contributed by atoms with Crippen LogP contribution in [0.5, 0.6) is 5.75 Å². The quantitative estimate of drug-likeness (QED) is 0.218. The fourth-order valence-corrected chi connectivity index (χ4v) is 6.51. The van der Waals surface area contributed by atoms with Crippen LogP contribution in [0.2, 0.25) is 0 Å². The highest BCUT2D eigenvalue weighted by Crippen LogP contribution is 2.33. The van der Waals surface area contributed by atoms with Crippen molar-refractivity contribution in [1.82, 2.24) is 4.57 Å². The van der Waals surface area contributed by atoms with E-state index >= 15 is 0 Å². The number of carbonyl (C=O) groups is 1. The topological polar surface area (TPSA) is 91.7 Å². The molecule has 0 aliphatic heterocycles. The first-order chi connectivity index (χ1) is 19.3. The van der Waals surface area contributed by atoms with Crippen LogP contribution in [0.4, 0.5) is 0 Å². The molecule has 7 nitrogen and oxygen atoms in total. The Labute approximate surface area is 234 Å². The number of ether oxygens (including phenoxy) is 2. The summed E-state index contributed by atoms with van der Waals surface area (Å²) in [5.74, 6) is -0.529. The fraction of sp³-hybridized carbons (Fsp3) is 0.250. The number of benzene rings is 3. The first kappa shape index (κ1) is 28.8. The van der Waals surface area contributed by atoms with Gasteiger partial charge in [0.2, 0.25) is 0 Å². The second kappa shape index (κ2) is 12.8. The molecule has 0 aliphatic rings. The predicted octanol–water partition coefficient (Wildman–Crippen LogP) is 5.74. The van der Waals surface area contributed by atoms with E-state index in [9.17, 15) is 18.0 Å². The summed E-state index contributed by atoms with van der Waals surface area (Å²) in [6, 6.07) is 28.9. The molecule has 2 unspecified atom stereocenters. The van der Waals surface area contributed by atoms with Crippen molar-refractivity contribution in [1.29, 1.82) is 0 Å². The van der Waals surface area contributed by atoms with Gasteiger partial charge in [-0.25, -0.2) is 13.2 Å². The molecule has 0 radical (unpaired) electrons. The largest absolute Gasteiger partial charge is 0.479 e. The molecule has 0 N–H and O–H groups in total. The molecule has 0 saturated carbocycles. The Balaban J connectivity index is 1.74. The Hall–Kier alpha value is -4.17. The van der Waals surface area contributed by atoms with Crippen LogP contribution in [0.25, 0.3) is 0 Å². The number of hydrogen-bond acceptors (Lipinski definition) is 6. The minimum Gasteiger partial charge on any atom is -0.479 e. The molecule has 208 valence electrons. The average molecular weight is 560 g/mol. The SMILES string of the molecule is CCOC(=O)C(C)Oc1cccc(S(=O)(=O)C(CC)n2cc(C(c3ccccc3)c3ccccc3)ccc2=O)c1. The number of nitrogens with zero attached hydrogens (tertiary/aromatic N) is 1. The summed E-state index contributed by atoms with van der Waals surface area (Å²) in [5, 5.41) is -1.15. The van der Waals surface area contributed by atoms with Gasteiger partial charge in [0.15, 0.2) is 15.9 Å². The molecule has 3 aromatic carbocycles. The number of carbonyl (C=O) groups excluding carboxylic acids is 1. The van der Waals surface area contributed by atoms with Gasteiger partial charge in [-0.05, 0) is 55.2 Å². The van der Waals surface area contributed by atoms with E-state index in [1.54, 1.807) is 38.2 Å². The van der Waals surface area contributed by atoms with E-state index in [0.29, 0.717) is 0 Å². The van der Waals surface area contributed by atoms with Gasteiger partial charge in [0.1, 0.15) is 11.1 Å². The number of hydrogen-bond donors (Lipinski definition) is 0. The van der Waals surface area contributed by atoms with Crippen molar-refractivity contribution in [2.24, 2.45) is 0 Å². The molecule has 0 spiro atoms. The molecule has 4 rings (SSSR count). The Bertz CT molecular complexity index is 1560. The van der Waals surface area contributed by atoms with E-state index in [-0.39, 0.29) is 29.6 Å². The predicted molar refractivity (Wildman–Crippen MR) is 154 cm³/mol. The molecule has 0 bridgehead atoms. The van der Waals surface area contributed by atoms with Gasteiger partial charge in [-0.1, -0.05) is 79.7 Å². The van der Waals surface area contributed by atoms with Gasteiger partial charge in [-0.15, -0.1) is 0 Å². The molecule has 1 heterocycles. The Kier molecular flexibility index (Phi) is 9.22. The molecular formula is C32H33NO6S. The van der Waals surface area contributed by atoms with Crippen molar-refractivity contribution in [3.05, 3.63) is 130 Å². The summed E-state index contributed by atoms with van der Waals surface area (Å²) in [6.45, 7) is 5.18. The normalized spacial score (nSPS) is 13.0. The van der Waals surface area contributed by atoms with Crippen molar-refractivity contribution < 1.29 is 22.7 Å². The summed E-state index contributed by atoms with van der Waals surface area (Å²) in [6.07, 6.45) is 0.909. The lowest BCUT2D eigenvalue weighted by Gasteiger charge is -2.23. The van der Waals surface area contributed by atoms with Crippen molar-refractivity contribution in [3.8, 4) is 5.75 Å². The van der Waals surface area contributed by atoms with Gasteiger partial charge >= 0.3 is 5.97 Å². The van der Waals surface area contributed by atoms with Crippen LogP contribution < -0.4 is 10.3 Å². The summed E-state index contributed by atoms with van der Waals surface area (Å²) < 4.78 is 39.7. The fourth-order valence-electron chi connectivity index (χ4n) is 4.74. The van der Waals surface area contributed by atoms with Gasteiger partial charge in [-0.3, -0.25) is 9.36 Å². The highest BCUT2D eigenvalue weighted by Gasteiger charge is 2.30. The Morgan fingerprint density at radius 3 is 2.02 bits per heavy atom. The van der Waals surface area contributed by atoms with E-state index in [0.717, 1.165) is 16.7 Å². The molecule has 0 amide bonds. The number of sulfone groups is 1. The average Bonchev–Trinajstić information content (AvgIpc) is 2.96. The first-order valence-electron chi connectivity index (χ1n) is 13.3. The summed E-state index contributed by atoms with van der Waals surface area (Å²) >= 11 is 0. The van der Waals surface area contributed by atoms with Crippen molar-refractivity contribution >= 4 is 15.8 Å². The molecule has 0 fully saturated rings. The number of esters is 1. The van der Waals surface area contributed by atoms with Gasteiger partial charge in [-0.2, -0.15) is 0 Å². The lowest BCUT2D eigenvalue weighted by molar-refractivity contribution is -0.150. The van der Waals surface area contributed by atoms with Gasteiger partial charge < -0.3 is 9.47 Å². The highest BCUT2D eigenvalue weighted by molar-refractivity contribution is 7.91. The minimum absolute atomic E-state index is 0.00659. The number of pyridine rings is 1. The maximum absolute atomic E-state index is 13.9. The van der Waals surface area contributed by atoms with Crippen LogP contribution in [0, 0.1) is 0 Å². The van der Waals surface area contributed by atoms with Crippen molar-refractivity contribution in [2.45, 2.75) is 49.5 Å². The maximum Gasteiger partial charge on any atom is 0.347 e. The highest BCUT2D eigenvalue weighted by atomic mass is 32.2. The summed E-state index contributed by atoms with van der Waals surface area (Å²) in [4.78, 5) is 25.1. The number of rotatable bonds is 11. The van der Waals surface area contributed by atoms with E-state index in [2.05, 4.69) is 0 Å². The molecular weight excluding hydrogens is 526 g/mol. The molecule has 0 aliphatic carbocycles. The third-order valence-electron chi connectivity index (χ3n) is 6.64. The molecule has 4 aromatic rings. The summed E-state index contributed by atoms with van der Waals surface area (Å²) in [5.41, 5.74) is 2.43. The number of aromatic nitrogens is 1. The van der Waals surface area contributed by atoms with Crippen LogP contribution in [-0.2, 0) is 19.4 Å². The molecule has 0 saturated heterocycles. The van der Waals surface area contributed by atoms with Crippen LogP contribution >= 0.6 is 0 Å². The summed E-state index contributed by atoms with van der Waals surface area (Å²) in [7, 11) is -4.02. The smallest absolute Gasteiger partial charge is 0.347 e. The zero-order valence-corrected chi connectivity index (χ0v) is 23.6. The molecule has 8 heteroatoms. The lowest BCUT2D eigenvalue weighted by Crippen LogP contribution is -2.30. The van der Waals surface area contributed by atoms with Crippen LogP contribution in [-0.4, -0.2) is 31.7 Å². The van der Waals surface area contributed by atoms with Crippen LogP contribution in [0.3, 0.4) is 0 Å². The Morgan fingerprint density at radius 2 is 1.45 bits per heavy atom. The first-order valence-corrected chi connectivity index (χ1v) is 14.8. The second-order valence-electron chi connectivity index (χ2n) is 9.36. The third kappa shape index (κ3) is 6.34. The zero-order chi connectivity index (χ0) is 28.7. The van der Waals surface area contributed by atoms with Crippen LogP contribution in [0.15, 0.2) is 113 Å². The standard InChI is InChI=1S/C32H33NO6S/c1-4-30(40(36,37)28-18-12-17-27(21-28)39-23(3)32(35)38-5-2)33-22-26(19-20-29(33)34)31(24-13-8-6-9-14-24)25-15-10-7-11-16-25/h6-23,30-31H,4-5H2,1-3H3. The molecule has 1 aromatic heterocycles. The second-order valence-corrected chi connectivity index (χ2v) is 11.5. The van der Waals surface area contributed by atoms with E-state index in [1.807, 2.05) is 60.7 Å². The minimum atomic E-state index is -4.02. The van der Waals surface area contributed by atoms with Gasteiger partial charge in [0.25, 0.3) is 5.56 Å². The van der Waals surface area contributed by atoms with Crippen molar-refractivity contribution in [3.63, 3.8) is 0 Å². The van der Waals surface area contributed by atoms with E-state index < -0.39 is 32.8 Å². The third-order valence-corrected chi connectivity index (χ3v) is 8.83. The van der Waals surface area contributed by atoms with E-state index in [1.165, 1.54) is 29.7 Å². The lowest BCUT2D eigenvalue weighted by atomic mass is 9.86. The maximum atomic E-state index is 13.9. The monoisotopic (exact) mass is 559 g/mol. The van der Waals surface area contributed by atoms with Gasteiger partial charge in [0, 0.05) is 18.2 Å². The van der Waals surface area contributed by atoms with Gasteiger partial charge in [0.05, 0.1) is 11.5 Å².